The lowest BCUT2D eigenvalue weighted by molar-refractivity contribution is -0.138. The molecule has 2 N–H and O–H groups in total. The van der Waals surface area contributed by atoms with Gasteiger partial charge in [-0.05, 0) is 63.0 Å². The number of carboxylic acid groups (broad SMARTS) is 1. The third kappa shape index (κ3) is 5.24. The molecule has 2 aliphatic carbocycles. The molecule has 1 atom stereocenters. The van der Waals surface area contributed by atoms with Gasteiger partial charge < -0.3 is 20.1 Å². The largest absolute Gasteiger partial charge is 0.481 e. The van der Waals surface area contributed by atoms with Crippen molar-refractivity contribution in [1.29, 1.82) is 0 Å². The molecule has 1 saturated heterocycles. The Bertz CT molecular complexity index is 759. The highest BCUT2D eigenvalue weighted by molar-refractivity contribution is 5.96. The summed E-state index contributed by atoms with van der Waals surface area (Å²) in [5.41, 5.74) is 0.510. The maximum atomic E-state index is 13.0. The Labute approximate surface area is 178 Å². The van der Waals surface area contributed by atoms with Gasteiger partial charge >= 0.3 is 5.97 Å². The van der Waals surface area contributed by atoms with Crippen LogP contribution in [0.25, 0.3) is 0 Å². The Morgan fingerprint density at radius 2 is 1.87 bits per heavy atom. The molecule has 1 amide bonds. The monoisotopic (exact) mass is 415 g/mol. The van der Waals surface area contributed by atoms with E-state index in [-0.39, 0.29) is 30.4 Å². The van der Waals surface area contributed by atoms with Gasteiger partial charge in [0, 0.05) is 25.6 Å². The van der Waals surface area contributed by atoms with Crippen LogP contribution in [0.5, 0.6) is 5.88 Å². The molecule has 0 radical (unpaired) electrons. The summed E-state index contributed by atoms with van der Waals surface area (Å²) >= 11 is 0. The smallest absolute Gasteiger partial charge is 0.303 e. The number of hydrogen-bond acceptors (Lipinski definition) is 5. The van der Waals surface area contributed by atoms with E-state index in [1.807, 2.05) is 12.1 Å². The molecule has 3 aliphatic rings. The lowest BCUT2D eigenvalue weighted by Crippen LogP contribution is -2.38. The second-order valence-electron chi connectivity index (χ2n) is 9.05. The Kier molecular flexibility index (Phi) is 6.75. The molecule has 0 spiro atoms. The predicted molar refractivity (Wildman–Crippen MR) is 114 cm³/mol. The molecule has 1 aliphatic heterocycles. The zero-order valence-corrected chi connectivity index (χ0v) is 17.6. The first-order valence-corrected chi connectivity index (χ1v) is 11.5. The Morgan fingerprint density at radius 3 is 2.57 bits per heavy atom. The number of carbonyl (C=O) groups is 2. The van der Waals surface area contributed by atoms with Gasteiger partial charge in [0.25, 0.3) is 5.91 Å². The van der Waals surface area contributed by atoms with Crippen molar-refractivity contribution in [2.75, 3.05) is 18.0 Å². The highest BCUT2D eigenvalue weighted by Crippen LogP contribution is 2.31. The van der Waals surface area contributed by atoms with Crippen molar-refractivity contribution in [3.05, 3.63) is 17.7 Å². The highest BCUT2D eigenvalue weighted by Gasteiger charge is 2.27. The SMILES string of the molecule is O=C(O)C[C@@H]1CCCN(c2ccc(C(=O)NC3CCCCC3)c(OC3CCC3)n2)C1. The minimum Gasteiger partial charge on any atom is -0.481 e. The van der Waals surface area contributed by atoms with Crippen LogP contribution in [0.4, 0.5) is 5.82 Å². The predicted octanol–water partition coefficient (Wildman–Crippen LogP) is 3.77. The minimum absolute atomic E-state index is 0.0994. The average Bonchev–Trinajstić information content (AvgIpc) is 2.71. The van der Waals surface area contributed by atoms with Gasteiger partial charge in [-0.25, -0.2) is 0 Å². The Balaban J connectivity index is 1.50. The first kappa shape index (κ1) is 20.9. The highest BCUT2D eigenvalue weighted by atomic mass is 16.5. The second kappa shape index (κ2) is 9.67. The van der Waals surface area contributed by atoms with Crippen LogP contribution in [0.15, 0.2) is 12.1 Å². The zero-order chi connectivity index (χ0) is 20.9. The molecule has 7 nitrogen and oxygen atoms in total. The third-order valence-electron chi connectivity index (χ3n) is 6.67. The van der Waals surface area contributed by atoms with E-state index in [4.69, 9.17) is 14.8 Å². The van der Waals surface area contributed by atoms with Crippen LogP contribution in [0.2, 0.25) is 0 Å². The topological polar surface area (TPSA) is 91.8 Å². The number of carbonyl (C=O) groups excluding carboxylic acids is 1. The number of nitrogens with zero attached hydrogens (tertiary/aromatic N) is 2. The minimum atomic E-state index is -0.751. The standard InChI is InChI=1S/C23H33N3O4/c27-21(28)14-16-6-5-13-26(15-16)20-12-11-19(23(25-20)30-18-9-4-10-18)22(29)24-17-7-2-1-3-8-17/h11-12,16-18H,1-10,13-15H2,(H,24,29)(H,27,28)/t16-/m0/s1. The van der Waals surface area contributed by atoms with E-state index in [1.54, 1.807) is 0 Å². The number of pyridine rings is 1. The number of piperidine rings is 1. The first-order valence-electron chi connectivity index (χ1n) is 11.5. The van der Waals surface area contributed by atoms with E-state index in [9.17, 15) is 9.59 Å². The molecule has 0 unspecified atom stereocenters. The van der Waals surface area contributed by atoms with E-state index >= 15 is 0 Å². The van der Waals surface area contributed by atoms with Crippen LogP contribution in [-0.4, -0.2) is 47.2 Å². The number of nitrogens with one attached hydrogen (secondary N) is 1. The molecule has 2 heterocycles. The van der Waals surface area contributed by atoms with Crippen LogP contribution in [0, 0.1) is 5.92 Å². The summed E-state index contributed by atoms with van der Waals surface area (Å²) in [6.45, 7) is 1.52. The van der Waals surface area contributed by atoms with Gasteiger partial charge in [0.2, 0.25) is 5.88 Å². The van der Waals surface area contributed by atoms with Crippen LogP contribution in [0.1, 0.15) is 81.0 Å². The van der Waals surface area contributed by atoms with Crippen LogP contribution >= 0.6 is 0 Å². The molecular weight excluding hydrogens is 382 g/mol. The average molecular weight is 416 g/mol. The van der Waals surface area contributed by atoms with Crippen molar-refractivity contribution in [2.45, 2.75) is 82.8 Å². The number of anilines is 1. The summed E-state index contributed by atoms with van der Waals surface area (Å²) in [5, 5.41) is 12.3. The van der Waals surface area contributed by atoms with Crippen molar-refractivity contribution in [3.8, 4) is 5.88 Å². The van der Waals surface area contributed by atoms with Crippen molar-refractivity contribution in [1.82, 2.24) is 10.3 Å². The molecule has 1 aromatic rings. The molecule has 0 bridgehead atoms. The summed E-state index contributed by atoms with van der Waals surface area (Å²) in [4.78, 5) is 31.0. The van der Waals surface area contributed by atoms with Gasteiger partial charge in [-0.15, -0.1) is 0 Å². The van der Waals surface area contributed by atoms with Gasteiger partial charge in [-0.3, -0.25) is 9.59 Å². The molecular formula is C23H33N3O4. The van der Waals surface area contributed by atoms with E-state index in [0.29, 0.717) is 18.0 Å². The second-order valence-corrected chi connectivity index (χ2v) is 9.05. The van der Waals surface area contributed by atoms with Crippen molar-refractivity contribution in [3.63, 3.8) is 0 Å². The first-order chi connectivity index (χ1) is 14.6. The summed E-state index contributed by atoms with van der Waals surface area (Å²) in [6, 6.07) is 3.95. The number of rotatable bonds is 7. The summed E-state index contributed by atoms with van der Waals surface area (Å²) in [5.74, 6) is 0.471. The number of hydrogen-bond donors (Lipinski definition) is 2. The molecule has 1 aromatic heterocycles. The fourth-order valence-electron chi connectivity index (χ4n) is 4.71. The molecule has 3 fully saturated rings. The zero-order valence-electron chi connectivity index (χ0n) is 17.6. The van der Waals surface area contributed by atoms with Crippen molar-refractivity contribution in [2.24, 2.45) is 5.92 Å². The third-order valence-corrected chi connectivity index (χ3v) is 6.67. The van der Waals surface area contributed by atoms with Crippen molar-refractivity contribution >= 4 is 17.7 Å². The fourth-order valence-corrected chi connectivity index (χ4v) is 4.71. The molecule has 2 saturated carbocycles. The van der Waals surface area contributed by atoms with E-state index in [2.05, 4.69) is 10.2 Å². The summed E-state index contributed by atoms with van der Waals surface area (Å²) in [7, 11) is 0. The summed E-state index contributed by atoms with van der Waals surface area (Å²) < 4.78 is 6.12. The number of ether oxygens (including phenoxy) is 1. The number of carboxylic acids is 1. The van der Waals surface area contributed by atoms with Gasteiger partial charge in [0.15, 0.2) is 0 Å². The maximum Gasteiger partial charge on any atom is 0.303 e. The molecule has 7 heteroatoms. The number of aromatic nitrogens is 1. The van der Waals surface area contributed by atoms with Gasteiger partial charge in [0.1, 0.15) is 17.5 Å². The van der Waals surface area contributed by atoms with Crippen LogP contribution < -0.4 is 15.0 Å². The van der Waals surface area contributed by atoms with Gasteiger partial charge in [0.05, 0.1) is 0 Å². The molecule has 30 heavy (non-hydrogen) atoms. The lowest BCUT2D eigenvalue weighted by Gasteiger charge is -2.34. The van der Waals surface area contributed by atoms with Crippen LogP contribution in [0.3, 0.4) is 0 Å². The number of amides is 1. The van der Waals surface area contributed by atoms with Gasteiger partial charge in [-0.1, -0.05) is 19.3 Å². The lowest BCUT2D eigenvalue weighted by atomic mass is 9.94. The van der Waals surface area contributed by atoms with E-state index < -0.39 is 5.97 Å². The van der Waals surface area contributed by atoms with Gasteiger partial charge in [-0.2, -0.15) is 4.98 Å². The van der Waals surface area contributed by atoms with E-state index in [0.717, 1.165) is 57.3 Å². The Hall–Kier alpha value is -2.31. The normalized spacial score (nSPS) is 22.9. The van der Waals surface area contributed by atoms with Crippen molar-refractivity contribution < 1.29 is 19.4 Å². The fraction of sp³-hybridized carbons (Fsp3) is 0.696. The van der Waals surface area contributed by atoms with E-state index in [1.165, 1.54) is 19.3 Å². The molecule has 0 aromatic carbocycles. The molecule has 164 valence electrons. The molecule has 4 rings (SSSR count). The van der Waals surface area contributed by atoms with Crippen LogP contribution in [-0.2, 0) is 4.79 Å². The quantitative estimate of drug-likeness (QED) is 0.704. The summed E-state index contributed by atoms with van der Waals surface area (Å²) in [6.07, 6.45) is 11.0. The Morgan fingerprint density at radius 1 is 1.07 bits per heavy atom. The number of aliphatic carboxylic acids is 1. The maximum absolute atomic E-state index is 13.0.